The largest absolute Gasteiger partial charge is 0.447 e. The van der Waals surface area contributed by atoms with Crippen molar-refractivity contribution in [1.29, 1.82) is 0 Å². The smallest absolute Gasteiger partial charge is 0.410 e. The average Bonchev–Trinajstić information content (AvgIpc) is 2.51. The Morgan fingerprint density at radius 1 is 1.50 bits per heavy atom. The third-order valence-electron chi connectivity index (χ3n) is 3.84. The first-order chi connectivity index (χ1) is 5.77. The summed E-state index contributed by atoms with van der Waals surface area (Å²) in [5.74, 6) is 2.36. The van der Waals surface area contributed by atoms with Gasteiger partial charge in [0, 0.05) is 6.54 Å². The lowest BCUT2D eigenvalue weighted by atomic mass is 9.65. The number of nitrogens with zero attached hydrogens (tertiary/aromatic N) is 1. The van der Waals surface area contributed by atoms with Gasteiger partial charge in [-0.2, -0.15) is 0 Å². The Bertz CT molecular complexity index is 241. The van der Waals surface area contributed by atoms with Gasteiger partial charge in [0.2, 0.25) is 0 Å². The van der Waals surface area contributed by atoms with Gasteiger partial charge in [0.05, 0.1) is 6.04 Å². The highest BCUT2D eigenvalue weighted by atomic mass is 16.6. The van der Waals surface area contributed by atoms with Crippen LogP contribution >= 0.6 is 0 Å². The number of hydrogen-bond donors (Lipinski definition) is 0. The fourth-order valence-corrected chi connectivity index (χ4v) is 3.02. The maximum Gasteiger partial charge on any atom is 0.410 e. The zero-order valence-corrected chi connectivity index (χ0v) is 7.19. The second-order valence-corrected chi connectivity index (χ2v) is 4.34. The summed E-state index contributed by atoms with van der Waals surface area (Å²) in [7, 11) is 0. The monoisotopic (exact) mass is 167 g/mol. The van der Waals surface area contributed by atoms with E-state index in [1.165, 1.54) is 6.42 Å². The Balaban J connectivity index is 1.85. The van der Waals surface area contributed by atoms with Gasteiger partial charge in [0.15, 0.2) is 0 Å². The molecule has 0 radical (unpaired) electrons. The lowest BCUT2D eigenvalue weighted by Gasteiger charge is -2.38. The molecule has 0 unspecified atom stereocenters. The lowest BCUT2D eigenvalue weighted by Crippen LogP contribution is -2.38. The number of cyclic esters (lactones) is 1. The third-order valence-corrected chi connectivity index (χ3v) is 3.84. The van der Waals surface area contributed by atoms with E-state index in [0.29, 0.717) is 12.6 Å². The van der Waals surface area contributed by atoms with Crippen LogP contribution in [0.2, 0.25) is 0 Å². The molecule has 1 amide bonds. The summed E-state index contributed by atoms with van der Waals surface area (Å²) in [6.45, 7) is 3.89. The highest BCUT2D eigenvalue weighted by molar-refractivity contribution is 5.70. The Morgan fingerprint density at radius 2 is 2.33 bits per heavy atom. The molecule has 3 fully saturated rings. The van der Waals surface area contributed by atoms with Crippen molar-refractivity contribution in [1.82, 2.24) is 4.90 Å². The van der Waals surface area contributed by atoms with Crippen molar-refractivity contribution in [3.05, 3.63) is 0 Å². The first-order valence-electron chi connectivity index (χ1n) is 4.71. The van der Waals surface area contributed by atoms with Gasteiger partial charge in [-0.05, 0) is 24.2 Å². The summed E-state index contributed by atoms with van der Waals surface area (Å²) in [6.07, 6.45) is 1.21. The maximum absolute atomic E-state index is 11.2. The fourth-order valence-electron chi connectivity index (χ4n) is 3.02. The molecule has 1 aliphatic carbocycles. The summed E-state index contributed by atoms with van der Waals surface area (Å²) in [5.41, 5.74) is 0. The number of carbonyl (C=O) groups is 1. The summed E-state index contributed by atoms with van der Waals surface area (Å²) >= 11 is 0. The molecule has 3 nitrogen and oxygen atoms in total. The highest BCUT2D eigenvalue weighted by Gasteiger charge is 2.55. The van der Waals surface area contributed by atoms with E-state index in [0.717, 1.165) is 24.3 Å². The lowest BCUT2D eigenvalue weighted by molar-refractivity contribution is 0.0955. The van der Waals surface area contributed by atoms with Gasteiger partial charge < -0.3 is 9.64 Å². The number of hydrogen-bond acceptors (Lipinski definition) is 2. The second kappa shape index (κ2) is 1.95. The molecule has 0 aromatic heterocycles. The average molecular weight is 167 g/mol. The molecular weight excluding hydrogens is 154 g/mol. The molecule has 0 bridgehead atoms. The number of carbonyl (C=O) groups excluding carboxylic acids is 1. The molecule has 0 N–H and O–H groups in total. The van der Waals surface area contributed by atoms with Gasteiger partial charge in [-0.25, -0.2) is 4.79 Å². The highest BCUT2D eigenvalue weighted by Crippen LogP contribution is 2.50. The minimum atomic E-state index is -0.0819. The van der Waals surface area contributed by atoms with Gasteiger partial charge in [0.1, 0.15) is 6.61 Å². The molecule has 2 saturated heterocycles. The van der Waals surface area contributed by atoms with Crippen molar-refractivity contribution in [2.45, 2.75) is 19.4 Å². The summed E-state index contributed by atoms with van der Waals surface area (Å²) in [5, 5.41) is 0. The Hall–Kier alpha value is -0.730. The van der Waals surface area contributed by atoms with Crippen molar-refractivity contribution < 1.29 is 9.53 Å². The van der Waals surface area contributed by atoms with Crippen LogP contribution in [0.3, 0.4) is 0 Å². The predicted molar refractivity (Wildman–Crippen MR) is 42.6 cm³/mol. The van der Waals surface area contributed by atoms with Crippen LogP contribution in [0.4, 0.5) is 4.79 Å². The van der Waals surface area contributed by atoms with Crippen LogP contribution in [-0.2, 0) is 4.74 Å². The first-order valence-corrected chi connectivity index (χ1v) is 4.71. The van der Waals surface area contributed by atoms with E-state index < -0.39 is 0 Å². The minimum absolute atomic E-state index is 0.0819. The molecule has 66 valence electrons. The number of amides is 1. The third kappa shape index (κ3) is 0.609. The zero-order valence-electron chi connectivity index (χ0n) is 7.19. The minimum Gasteiger partial charge on any atom is -0.447 e. The van der Waals surface area contributed by atoms with Crippen molar-refractivity contribution in [3.8, 4) is 0 Å². The molecule has 12 heavy (non-hydrogen) atoms. The SMILES string of the molecule is C[C@H]1C[C@H]2[C@@H]1CN1C(=O)OC[C@H]21. The summed E-state index contributed by atoms with van der Waals surface area (Å²) in [4.78, 5) is 13.1. The summed E-state index contributed by atoms with van der Waals surface area (Å²) < 4.78 is 4.99. The van der Waals surface area contributed by atoms with Gasteiger partial charge in [0.25, 0.3) is 0 Å². The van der Waals surface area contributed by atoms with Crippen LogP contribution in [0.25, 0.3) is 0 Å². The van der Waals surface area contributed by atoms with E-state index in [-0.39, 0.29) is 6.09 Å². The van der Waals surface area contributed by atoms with Crippen LogP contribution in [0.5, 0.6) is 0 Å². The standard InChI is InChI=1S/C9H13NO2/c1-5-2-6-7(5)3-10-8(6)4-12-9(10)11/h5-8H,2-4H2,1H3/t5-,6-,7+,8+/m0/s1. The fraction of sp³-hybridized carbons (Fsp3) is 0.889. The van der Waals surface area contributed by atoms with Crippen molar-refractivity contribution >= 4 is 6.09 Å². The van der Waals surface area contributed by atoms with E-state index in [1.54, 1.807) is 0 Å². The molecule has 1 saturated carbocycles. The van der Waals surface area contributed by atoms with Crippen molar-refractivity contribution in [2.24, 2.45) is 17.8 Å². The van der Waals surface area contributed by atoms with Crippen molar-refractivity contribution in [3.63, 3.8) is 0 Å². The Kier molecular flexibility index (Phi) is 1.10. The molecule has 0 aromatic rings. The first kappa shape index (κ1) is 6.75. The van der Waals surface area contributed by atoms with Crippen LogP contribution in [0.1, 0.15) is 13.3 Å². The predicted octanol–water partition coefficient (Wildman–Crippen LogP) is 1.09. The number of ether oxygens (including phenoxy) is 1. The van der Waals surface area contributed by atoms with Gasteiger partial charge in [-0.3, -0.25) is 0 Å². The van der Waals surface area contributed by atoms with Gasteiger partial charge in [-0.1, -0.05) is 6.92 Å². The van der Waals surface area contributed by atoms with Gasteiger partial charge >= 0.3 is 6.09 Å². The van der Waals surface area contributed by atoms with Crippen LogP contribution in [0.15, 0.2) is 0 Å². The molecule has 3 rings (SSSR count). The maximum atomic E-state index is 11.2. The van der Waals surface area contributed by atoms with Crippen molar-refractivity contribution in [2.75, 3.05) is 13.2 Å². The van der Waals surface area contributed by atoms with Crippen LogP contribution in [0, 0.1) is 17.8 Å². The quantitative estimate of drug-likeness (QED) is 0.540. The Labute approximate surface area is 71.7 Å². The van der Waals surface area contributed by atoms with E-state index in [2.05, 4.69) is 6.92 Å². The molecule has 3 aliphatic rings. The molecule has 0 aromatic carbocycles. The van der Waals surface area contributed by atoms with Crippen LogP contribution < -0.4 is 0 Å². The van der Waals surface area contributed by atoms with E-state index in [1.807, 2.05) is 4.90 Å². The molecular formula is C9H13NO2. The number of rotatable bonds is 0. The topological polar surface area (TPSA) is 29.5 Å². The molecule has 4 atom stereocenters. The van der Waals surface area contributed by atoms with Gasteiger partial charge in [-0.15, -0.1) is 0 Å². The van der Waals surface area contributed by atoms with E-state index in [9.17, 15) is 4.79 Å². The van der Waals surface area contributed by atoms with Crippen LogP contribution in [-0.4, -0.2) is 30.2 Å². The van der Waals surface area contributed by atoms with E-state index in [4.69, 9.17) is 4.74 Å². The molecule has 3 heteroatoms. The molecule has 0 spiro atoms. The normalized spacial score (nSPS) is 49.8. The second-order valence-electron chi connectivity index (χ2n) is 4.34. The number of fused-ring (bicyclic) bond motifs is 3. The summed E-state index contributed by atoms with van der Waals surface area (Å²) in [6, 6.07) is 0.429. The Morgan fingerprint density at radius 3 is 3.08 bits per heavy atom. The zero-order chi connectivity index (χ0) is 8.29. The van der Waals surface area contributed by atoms with E-state index >= 15 is 0 Å². The molecule has 2 aliphatic heterocycles. The molecule has 2 heterocycles.